The minimum absolute atomic E-state index is 0.103. The third-order valence-electron chi connectivity index (χ3n) is 5.13. The lowest BCUT2D eigenvalue weighted by Crippen LogP contribution is -2.29. The van der Waals surface area contributed by atoms with Crippen molar-refractivity contribution in [3.05, 3.63) is 60.7 Å². The van der Waals surface area contributed by atoms with Crippen LogP contribution in [-0.4, -0.2) is 48.0 Å². The molecule has 0 unspecified atom stereocenters. The zero-order valence-electron chi connectivity index (χ0n) is 17.8. The summed E-state index contributed by atoms with van der Waals surface area (Å²) in [7, 11) is -9.10. The average Bonchev–Trinajstić information content (AvgIpc) is 2.78. The number of benzene rings is 4. The van der Waals surface area contributed by atoms with Crippen molar-refractivity contribution in [1.29, 1.82) is 0 Å². The summed E-state index contributed by atoms with van der Waals surface area (Å²) in [6.45, 7) is 0. The number of aromatic hydroxyl groups is 2. The second-order valence-electron chi connectivity index (χ2n) is 7.62. The van der Waals surface area contributed by atoms with Crippen LogP contribution in [0.5, 0.6) is 11.5 Å². The Morgan fingerprint density at radius 3 is 1.28 bits per heavy atom. The largest absolute Gasteiger partial charge is 0.507 e. The van der Waals surface area contributed by atoms with Gasteiger partial charge in [0.2, 0.25) is 0 Å². The third-order valence-corrected chi connectivity index (χ3v) is 6.79. The van der Waals surface area contributed by atoms with Gasteiger partial charge >= 0.3 is 11.8 Å². The summed E-state index contributed by atoms with van der Waals surface area (Å²) in [6, 6.07) is 11.9. The molecule has 0 aliphatic rings. The van der Waals surface area contributed by atoms with Crippen LogP contribution in [0.15, 0.2) is 70.5 Å². The van der Waals surface area contributed by atoms with Gasteiger partial charge in [0.05, 0.1) is 9.79 Å². The molecule has 0 heterocycles. The number of phenols is 2. The summed E-state index contributed by atoms with van der Waals surface area (Å²) in [5.74, 6) is -3.13. The first-order chi connectivity index (χ1) is 16.7. The molecule has 12 nitrogen and oxygen atoms in total. The fraction of sp³-hybridized carbons (Fsp3) is 0. The van der Waals surface area contributed by atoms with E-state index in [4.69, 9.17) is 9.11 Å². The first-order valence-electron chi connectivity index (χ1n) is 9.83. The van der Waals surface area contributed by atoms with Gasteiger partial charge in [0.1, 0.15) is 11.5 Å². The topological polar surface area (TPSA) is 207 Å². The van der Waals surface area contributed by atoms with Crippen LogP contribution >= 0.6 is 0 Å². The van der Waals surface area contributed by atoms with Crippen molar-refractivity contribution < 1.29 is 45.7 Å². The van der Waals surface area contributed by atoms with Crippen molar-refractivity contribution in [1.82, 2.24) is 0 Å². The first-order valence-corrected chi connectivity index (χ1v) is 12.7. The Hall–Kier alpha value is -4.24. The van der Waals surface area contributed by atoms with Crippen LogP contribution in [0.4, 0.5) is 11.4 Å². The first kappa shape index (κ1) is 24.9. The van der Waals surface area contributed by atoms with Gasteiger partial charge in [0, 0.05) is 34.3 Å². The number of rotatable bonds is 4. The number of hydrogen-bond donors (Lipinski definition) is 6. The molecule has 2 amide bonds. The molecule has 4 rings (SSSR count). The molecule has 0 spiro atoms. The smallest absolute Gasteiger partial charge is 0.314 e. The minimum Gasteiger partial charge on any atom is -0.507 e. The van der Waals surface area contributed by atoms with Crippen LogP contribution in [0.2, 0.25) is 0 Å². The SMILES string of the molecule is O=C(Nc1ccc2cc(S(=O)(=O)O)cc(O)c2c1)C(=O)Nc1ccc2cc(S(=O)(=O)O)cc(O)c2c1. The molecule has 0 radical (unpaired) electrons. The number of hydrogen-bond acceptors (Lipinski definition) is 8. The Morgan fingerprint density at radius 1 is 0.583 bits per heavy atom. The molecule has 0 aliphatic carbocycles. The van der Waals surface area contributed by atoms with E-state index >= 15 is 0 Å². The number of carbonyl (C=O) groups excluding carboxylic acids is 2. The van der Waals surface area contributed by atoms with Crippen molar-refractivity contribution in [3.8, 4) is 11.5 Å². The number of nitrogens with one attached hydrogen (secondary N) is 2. The second kappa shape index (κ2) is 8.76. The standard InChI is InChI=1S/C22H16N2O10S2/c25-19-9-15(35(29,30)31)5-11-1-3-13(7-17(11)19)23-21(27)22(28)24-14-4-2-12-6-16(36(32,33)34)10-20(26)18(12)8-14/h1-10,25-26H,(H,23,27)(H,24,28)(H,29,30,31)(H,32,33,34). The molecule has 4 aromatic rings. The number of fused-ring (bicyclic) bond motifs is 2. The van der Waals surface area contributed by atoms with Gasteiger partial charge in [0.25, 0.3) is 20.2 Å². The summed E-state index contributed by atoms with van der Waals surface area (Å²) in [5.41, 5.74) is 0.206. The fourth-order valence-corrected chi connectivity index (χ4v) is 4.52. The fourth-order valence-electron chi connectivity index (χ4n) is 3.45. The highest BCUT2D eigenvalue weighted by atomic mass is 32.2. The lowest BCUT2D eigenvalue weighted by atomic mass is 10.1. The van der Waals surface area contributed by atoms with E-state index in [0.29, 0.717) is 0 Å². The van der Waals surface area contributed by atoms with E-state index in [1.807, 2.05) is 0 Å². The molecule has 36 heavy (non-hydrogen) atoms. The lowest BCUT2D eigenvalue weighted by Gasteiger charge is -2.10. The molecule has 6 N–H and O–H groups in total. The van der Waals surface area contributed by atoms with E-state index in [-0.39, 0.29) is 32.9 Å². The number of amides is 2. The van der Waals surface area contributed by atoms with E-state index in [0.717, 1.165) is 24.3 Å². The van der Waals surface area contributed by atoms with Gasteiger partial charge in [-0.1, -0.05) is 12.1 Å². The van der Waals surface area contributed by atoms with E-state index in [1.54, 1.807) is 0 Å². The van der Waals surface area contributed by atoms with Gasteiger partial charge in [-0.2, -0.15) is 16.8 Å². The molecular formula is C22H16N2O10S2. The van der Waals surface area contributed by atoms with Crippen molar-refractivity contribution in [3.63, 3.8) is 0 Å². The highest BCUT2D eigenvalue weighted by Crippen LogP contribution is 2.32. The van der Waals surface area contributed by atoms with Gasteiger partial charge in [-0.25, -0.2) is 0 Å². The summed E-state index contributed by atoms with van der Waals surface area (Å²) >= 11 is 0. The Morgan fingerprint density at radius 2 is 0.944 bits per heavy atom. The van der Waals surface area contributed by atoms with Gasteiger partial charge in [0.15, 0.2) is 0 Å². The van der Waals surface area contributed by atoms with Crippen molar-refractivity contribution in [2.45, 2.75) is 9.79 Å². The van der Waals surface area contributed by atoms with Gasteiger partial charge in [-0.05, 0) is 47.2 Å². The lowest BCUT2D eigenvalue weighted by molar-refractivity contribution is -0.132. The zero-order valence-corrected chi connectivity index (χ0v) is 19.5. The summed E-state index contributed by atoms with van der Waals surface area (Å²) < 4.78 is 63.5. The van der Waals surface area contributed by atoms with Crippen LogP contribution in [-0.2, 0) is 29.8 Å². The predicted molar refractivity (Wildman–Crippen MR) is 128 cm³/mol. The second-order valence-corrected chi connectivity index (χ2v) is 10.5. The number of anilines is 2. The highest BCUT2D eigenvalue weighted by molar-refractivity contribution is 7.86. The van der Waals surface area contributed by atoms with E-state index in [9.17, 15) is 36.6 Å². The molecule has 14 heteroatoms. The van der Waals surface area contributed by atoms with Crippen LogP contribution in [0.25, 0.3) is 21.5 Å². The van der Waals surface area contributed by atoms with Crippen molar-refractivity contribution in [2.75, 3.05) is 10.6 Å². The van der Waals surface area contributed by atoms with Gasteiger partial charge in [-0.3, -0.25) is 18.7 Å². The Labute approximate surface area is 203 Å². The van der Waals surface area contributed by atoms with Crippen LogP contribution in [0.1, 0.15) is 0 Å². The van der Waals surface area contributed by atoms with Gasteiger partial charge < -0.3 is 20.8 Å². The summed E-state index contributed by atoms with van der Waals surface area (Å²) in [6.07, 6.45) is 0. The zero-order chi connectivity index (χ0) is 26.4. The molecule has 0 aliphatic heterocycles. The Bertz CT molecular complexity index is 1670. The summed E-state index contributed by atoms with van der Waals surface area (Å²) in [5, 5.41) is 25.7. The maximum absolute atomic E-state index is 12.4. The number of carbonyl (C=O) groups is 2. The molecule has 0 saturated carbocycles. The van der Waals surface area contributed by atoms with Crippen molar-refractivity contribution >= 4 is 65.0 Å². The molecule has 0 bridgehead atoms. The molecule has 4 aromatic carbocycles. The van der Waals surface area contributed by atoms with E-state index in [2.05, 4.69) is 10.6 Å². The van der Waals surface area contributed by atoms with Crippen LogP contribution in [0.3, 0.4) is 0 Å². The molecule has 0 aromatic heterocycles. The summed E-state index contributed by atoms with van der Waals surface area (Å²) in [4.78, 5) is 23.7. The Kier molecular flexibility index (Phi) is 6.05. The molecular weight excluding hydrogens is 516 g/mol. The monoisotopic (exact) mass is 532 g/mol. The molecule has 0 saturated heterocycles. The van der Waals surface area contributed by atoms with Crippen LogP contribution < -0.4 is 10.6 Å². The molecule has 186 valence electrons. The third kappa shape index (κ3) is 5.06. The van der Waals surface area contributed by atoms with Gasteiger partial charge in [-0.15, -0.1) is 0 Å². The quantitative estimate of drug-likeness (QED) is 0.167. The number of phenolic OH excluding ortho intramolecular Hbond substituents is 2. The highest BCUT2D eigenvalue weighted by Gasteiger charge is 2.18. The normalized spacial score (nSPS) is 11.9. The maximum atomic E-state index is 12.4. The minimum atomic E-state index is -4.55. The Balaban J connectivity index is 1.54. The predicted octanol–water partition coefficient (Wildman–Crippen LogP) is 2.47. The molecule has 0 fully saturated rings. The van der Waals surface area contributed by atoms with E-state index < -0.39 is 53.3 Å². The average molecular weight is 533 g/mol. The maximum Gasteiger partial charge on any atom is 0.314 e. The molecule has 0 atom stereocenters. The van der Waals surface area contributed by atoms with E-state index in [1.165, 1.54) is 36.4 Å². The van der Waals surface area contributed by atoms with Crippen molar-refractivity contribution in [2.24, 2.45) is 0 Å². The van der Waals surface area contributed by atoms with Crippen LogP contribution in [0, 0.1) is 0 Å².